The number of halogens is 2. The lowest BCUT2D eigenvalue weighted by atomic mass is 10.2. The molecule has 3 nitrogen and oxygen atoms in total. The molecular weight excluding hydrogens is 264 g/mol. The molecule has 0 aliphatic heterocycles. The highest BCUT2D eigenvalue weighted by molar-refractivity contribution is 5.25. The highest BCUT2D eigenvalue weighted by Gasteiger charge is 2.08. The Labute approximate surface area is 116 Å². The number of benzene rings is 1. The van der Waals surface area contributed by atoms with Crippen LogP contribution >= 0.6 is 0 Å². The first-order chi connectivity index (χ1) is 9.60. The van der Waals surface area contributed by atoms with Gasteiger partial charge in [-0.1, -0.05) is 6.92 Å². The largest absolute Gasteiger partial charge is 0.486 e. The summed E-state index contributed by atoms with van der Waals surface area (Å²) in [7, 11) is 0. The van der Waals surface area contributed by atoms with Crippen LogP contribution in [0.15, 0.2) is 28.7 Å². The van der Waals surface area contributed by atoms with E-state index in [4.69, 9.17) is 9.15 Å². The molecule has 1 aromatic carbocycles. The summed E-state index contributed by atoms with van der Waals surface area (Å²) in [4.78, 5) is 0. The van der Waals surface area contributed by atoms with Gasteiger partial charge in [0.15, 0.2) is 11.6 Å². The SMILES string of the molecule is CCNCc1cc(COc2ccc(F)c(F)c2)oc1C. The Kier molecular flexibility index (Phi) is 4.74. The van der Waals surface area contributed by atoms with E-state index in [1.165, 1.54) is 6.07 Å². The van der Waals surface area contributed by atoms with Gasteiger partial charge in [0.1, 0.15) is 23.9 Å². The Morgan fingerprint density at radius 1 is 1.20 bits per heavy atom. The topological polar surface area (TPSA) is 34.4 Å². The van der Waals surface area contributed by atoms with Crippen molar-refractivity contribution in [1.82, 2.24) is 5.32 Å². The predicted molar refractivity (Wildman–Crippen MR) is 71.5 cm³/mol. The van der Waals surface area contributed by atoms with E-state index >= 15 is 0 Å². The number of nitrogens with one attached hydrogen (secondary N) is 1. The van der Waals surface area contributed by atoms with Crippen LogP contribution in [0.3, 0.4) is 0 Å². The van der Waals surface area contributed by atoms with Crippen LogP contribution in [-0.4, -0.2) is 6.54 Å². The second-order valence-electron chi connectivity index (χ2n) is 4.44. The fourth-order valence-electron chi connectivity index (χ4n) is 1.82. The van der Waals surface area contributed by atoms with Crippen molar-refractivity contribution in [2.45, 2.75) is 27.0 Å². The van der Waals surface area contributed by atoms with E-state index in [9.17, 15) is 8.78 Å². The minimum absolute atomic E-state index is 0.179. The van der Waals surface area contributed by atoms with Gasteiger partial charge in [-0.3, -0.25) is 0 Å². The summed E-state index contributed by atoms with van der Waals surface area (Å²) in [5.41, 5.74) is 1.07. The average Bonchev–Trinajstić information content (AvgIpc) is 2.78. The van der Waals surface area contributed by atoms with Crippen molar-refractivity contribution < 1.29 is 17.9 Å². The molecule has 0 fully saturated rings. The van der Waals surface area contributed by atoms with Crippen molar-refractivity contribution in [3.63, 3.8) is 0 Å². The summed E-state index contributed by atoms with van der Waals surface area (Å²) in [5.74, 6) is -0.0637. The molecule has 0 spiro atoms. The van der Waals surface area contributed by atoms with Crippen LogP contribution in [0.25, 0.3) is 0 Å². The van der Waals surface area contributed by atoms with Gasteiger partial charge in [-0.05, 0) is 31.7 Å². The highest BCUT2D eigenvalue weighted by atomic mass is 19.2. The van der Waals surface area contributed by atoms with Gasteiger partial charge in [0.05, 0.1) is 0 Å². The maximum atomic E-state index is 13.0. The third-order valence-corrected chi connectivity index (χ3v) is 2.91. The van der Waals surface area contributed by atoms with Crippen LogP contribution in [0.5, 0.6) is 5.75 Å². The summed E-state index contributed by atoms with van der Waals surface area (Å²) < 4.78 is 36.7. The molecule has 0 aliphatic carbocycles. The predicted octanol–water partition coefficient (Wildman–Crippen LogP) is 3.55. The van der Waals surface area contributed by atoms with Gasteiger partial charge in [0, 0.05) is 18.2 Å². The number of ether oxygens (including phenoxy) is 1. The summed E-state index contributed by atoms with van der Waals surface area (Å²) in [5, 5.41) is 3.21. The molecule has 0 radical (unpaired) electrons. The molecular formula is C15H17F2NO2. The van der Waals surface area contributed by atoms with Crippen LogP contribution in [0, 0.1) is 18.6 Å². The van der Waals surface area contributed by atoms with E-state index in [1.54, 1.807) is 0 Å². The molecule has 0 bridgehead atoms. The van der Waals surface area contributed by atoms with Gasteiger partial charge in [-0.25, -0.2) is 8.78 Å². The molecule has 108 valence electrons. The molecule has 0 saturated carbocycles. The van der Waals surface area contributed by atoms with E-state index in [2.05, 4.69) is 5.32 Å². The molecule has 2 rings (SSSR count). The third-order valence-electron chi connectivity index (χ3n) is 2.91. The number of furan rings is 1. The van der Waals surface area contributed by atoms with Gasteiger partial charge in [-0.2, -0.15) is 0 Å². The zero-order chi connectivity index (χ0) is 14.5. The lowest BCUT2D eigenvalue weighted by Crippen LogP contribution is -2.11. The first kappa shape index (κ1) is 14.5. The molecule has 1 aromatic heterocycles. The molecule has 1 heterocycles. The number of aryl methyl sites for hydroxylation is 1. The molecule has 0 aliphatic rings. The van der Waals surface area contributed by atoms with Crippen LogP contribution < -0.4 is 10.1 Å². The number of rotatable bonds is 6. The van der Waals surface area contributed by atoms with E-state index in [-0.39, 0.29) is 12.4 Å². The second kappa shape index (κ2) is 6.52. The maximum absolute atomic E-state index is 13.0. The van der Waals surface area contributed by atoms with E-state index < -0.39 is 11.6 Å². The van der Waals surface area contributed by atoms with Crippen molar-refractivity contribution >= 4 is 0 Å². The molecule has 0 saturated heterocycles. The van der Waals surface area contributed by atoms with Crippen molar-refractivity contribution in [2.75, 3.05) is 6.54 Å². The van der Waals surface area contributed by atoms with Crippen LogP contribution in [-0.2, 0) is 13.2 Å². The summed E-state index contributed by atoms with van der Waals surface area (Å²) in [6, 6.07) is 5.34. The van der Waals surface area contributed by atoms with E-state index in [0.29, 0.717) is 5.76 Å². The van der Waals surface area contributed by atoms with Crippen molar-refractivity contribution in [2.24, 2.45) is 0 Å². The fraction of sp³-hybridized carbons (Fsp3) is 0.333. The number of hydrogen-bond acceptors (Lipinski definition) is 3. The maximum Gasteiger partial charge on any atom is 0.162 e. The van der Waals surface area contributed by atoms with Crippen molar-refractivity contribution in [3.8, 4) is 5.75 Å². The lowest BCUT2D eigenvalue weighted by Gasteiger charge is -2.04. The minimum Gasteiger partial charge on any atom is -0.486 e. The fourth-order valence-corrected chi connectivity index (χ4v) is 1.82. The van der Waals surface area contributed by atoms with Gasteiger partial charge in [0.2, 0.25) is 0 Å². The summed E-state index contributed by atoms with van der Waals surface area (Å²) in [6.07, 6.45) is 0. The summed E-state index contributed by atoms with van der Waals surface area (Å²) >= 11 is 0. The molecule has 0 unspecified atom stereocenters. The molecule has 5 heteroatoms. The molecule has 20 heavy (non-hydrogen) atoms. The lowest BCUT2D eigenvalue weighted by molar-refractivity contribution is 0.265. The normalized spacial score (nSPS) is 10.8. The Morgan fingerprint density at radius 3 is 2.70 bits per heavy atom. The average molecular weight is 281 g/mol. The molecule has 0 atom stereocenters. The Hall–Kier alpha value is -1.88. The third kappa shape index (κ3) is 3.57. The zero-order valence-electron chi connectivity index (χ0n) is 11.5. The minimum atomic E-state index is -0.925. The Balaban J connectivity index is 1.98. The molecule has 2 aromatic rings. The van der Waals surface area contributed by atoms with Gasteiger partial charge in [-0.15, -0.1) is 0 Å². The zero-order valence-corrected chi connectivity index (χ0v) is 11.5. The van der Waals surface area contributed by atoms with Gasteiger partial charge < -0.3 is 14.5 Å². The first-order valence-corrected chi connectivity index (χ1v) is 6.47. The quantitative estimate of drug-likeness (QED) is 0.879. The van der Waals surface area contributed by atoms with Crippen molar-refractivity contribution in [3.05, 3.63) is 53.0 Å². The van der Waals surface area contributed by atoms with Gasteiger partial charge >= 0.3 is 0 Å². The molecule has 1 N–H and O–H groups in total. The van der Waals surface area contributed by atoms with Crippen molar-refractivity contribution in [1.29, 1.82) is 0 Å². The van der Waals surface area contributed by atoms with Gasteiger partial charge in [0.25, 0.3) is 0 Å². The van der Waals surface area contributed by atoms with E-state index in [1.807, 2.05) is 19.9 Å². The Morgan fingerprint density at radius 2 is 2.00 bits per heavy atom. The standard InChI is InChI=1S/C15H17F2NO2/c1-3-18-8-11-6-13(20-10(11)2)9-19-12-4-5-14(16)15(17)7-12/h4-7,18H,3,8-9H2,1-2H3. The Bertz CT molecular complexity index is 581. The highest BCUT2D eigenvalue weighted by Crippen LogP contribution is 2.19. The second-order valence-corrected chi connectivity index (χ2v) is 4.44. The molecule has 0 amide bonds. The number of hydrogen-bond donors (Lipinski definition) is 1. The summed E-state index contributed by atoms with van der Waals surface area (Å²) in [6.45, 7) is 5.70. The van der Waals surface area contributed by atoms with Crippen LogP contribution in [0.4, 0.5) is 8.78 Å². The van der Waals surface area contributed by atoms with Crippen LogP contribution in [0.1, 0.15) is 24.0 Å². The monoisotopic (exact) mass is 281 g/mol. The first-order valence-electron chi connectivity index (χ1n) is 6.47. The van der Waals surface area contributed by atoms with Crippen LogP contribution in [0.2, 0.25) is 0 Å². The smallest absolute Gasteiger partial charge is 0.162 e. The van der Waals surface area contributed by atoms with E-state index in [0.717, 1.165) is 36.5 Å².